The molecule has 0 N–H and O–H groups in total. The van der Waals surface area contributed by atoms with Crippen molar-refractivity contribution in [2.24, 2.45) is 23.7 Å². The predicted octanol–water partition coefficient (Wildman–Crippen LogP) is 5.35. The Kier molecular flexibility index (Phi) is 5.52. The molecule has 4 saturated carbocycles. The van der Waals surface area contributed by atoms with E-state index < -0.39 is 0 Å². The van der Waals surface area contributed by atoms with Crippen molar-refractivity contribution < 1.29 is 4.79 Å². The van der Waals surface area contributed by atoms with Crippen molar-refractivity contribution in [1.29, 1.82) is 0 Å². The van der Waals surface area contributed by atoms with Gasteiger partial charge in [0, 0.05) is 19.5 Å². The van der Waals surface area contributed by atoms with E-state index in [2.05, 4.69) is 37.8 Å². The van der Waals surface area contributed by atoms with Crippen LogP contribution in [0.4, 0.5) is 0 Å². The Morgan fingerprint density at radius 1 is 0.917 bits per heavy atom. The molecule has 0 aromatic carbocycles. The number of carbonyl (C=O) groups excluding carboxylic acids is 1. The molecule has 134 valence electrons. The first-order valence-corrected chi connectivity index (χ1v) is 10.00. The lowest BCUT2D eigenvalue weighted by Crippen LogP contribution is -2.57. The Labute approximate surface area is 148 Å². The van der Waals surface area contributed by atoms with Crippen LogP contribution in [-0.2, 0) is 4.79 Å². The van der Waals surface area contributed by atoms with Crippen LogP contribution < -0.4 is 0 Å². The summed E-state index contributed by atoms with van der Waals surface area (Å²) in [4.78, 5) is 14.6. The number of nitrogens with zero attached hydrogens (tertiary/aromatic N) is 1. The molecule has 0 spiro atoms. The van der Waals surface area contributed by atoms with Gasteiger partial charge in [0.1, 0.15) is 0 Å². The van der Waals surface area contributed by atoms with Crippen LogP contribution >= 0.6 is 0 Å². The largest absolute Gasteiger partial charge is 0.336 e. The van der Waals surface area contributed by atoms with E-state index in [1.165, 1.54) is 43.3 Å². The molecule has 0 atom stereocenters. The molecule has 0 saturated heterocycles. The van der Waals surface area contributed by atoms with Crippen LogP contribution in [0.1, 0.15) is 72.6 Å². The Bertz CT molecular complexity index is 498. The van der Waals surface area contributed by atoms with Crippen LogP contribution in [0.2, 0.25) is 0 Å². The fraction of sp³-hybridized carbons (Fsp3) is 0.773. The standard InChI is InChI=1S/C22H35NO/c1-15(2)6-5-7-16(3)8-9-23(17(4)24)22-20-11-18-10-19(13-20)14-21(22)12-18/h6,8,18-22H,5,7,9-14H2,1-4H3. The smallest absolute Gasteiger partial charge is 0.219 e. The average Bonchev–Trinajstić information content (AvgIpc) is 2.48. The second kappa shape index (κ2) is 7.45. The summed E-state index contributed by atoms with van der Waals surface area (Å²) in [5.74, 6) is 3.78. The van der Waals surface area contributed by atoms with E-state index in [0.717, 1.165) is 43.1 Å². The highest BCUT2D eigenvalue weighted by Gasteiger charge is 2.50. The van der Waals surface area contributed by atoms with Gasteiger partial charge in [-0.05, 0) is 89.4 Å². The second-order valence-corrected chi connectivity index (χ2v) is 8.96. The maximum Gasteiger partial charge on any atom is 0.219 e. The molecule has 0 radical (unpaired) electrons. The first-order chi connectivity index (χ1) is 11.4. The number of amides is 1. The number of allylic oxidation sites excluding steroid dienone is 3. The molecule has 4 aliphatic carbocycles. The third-order valence-corrected chi connectivity index (χ3v) is 6.67. The Balaban J connectivity index is 1.63. The minimum Gasteiger partial charge on any atom is -0.336 e. The van der Waals surface area contributed by atoms with Gasteiger partial charge in [-0.3, -0.25) is 4.79 Å². The van der Waals surface area contributed by atoms with Crippen LogP contribution in [0.25, 0.3) is 0 Å². The van der Waals surface area contributed by atoms with E-state index in [1.54, 1.807) is 6.92 Å². The third-order valence-electron chi connectivity index (χ3n) is 6.67. The molecular weight excluding hydrogens is 294 g/mol. The molecule has 0 unspecified atom stereocenters. The number of rotatable bonds is 6. The van der Waals surface area contributed by atoms with Gasteiger partial charge in [0.15, 0.2) is 0 Å². The molecular formula is C22H35NO. The molecule has 2 heteroatoms. The zero-order chi connectivity index (χ0) is 17.3. The van der Waals surface area contributed by atoms with Crippen molar-refractivity contribution in [3.63, 3.8) is 0 Å². The number of carbonyl (C=O) groups is 1. The van der Waals surface area contributed by atoms with Gasteiger partial charge in [0.05, 0.1) is 0 Å². The van der Waals surface area contributed by atoms with Gasteiger partial charge in [0.25, 0.3) is 0 Å². The Morgan fingerprint density at radius 2 is 1.50 bits per heavy atom. The fourth-order valence-corrected chi connectivity index (χ4v) is 5.81. The summed E-state index contributed by atoms with van der Waals surface area (Å²) in [6.07, 6.45) is 13.8. The lowest BCUT2D eigenvalue weighted by molar-refractivity contribution is -0.140. The Hall–Kier alpha value is -1.05. The van der Waals surface area contributed by atoms with Crippen molar-refractivity contribution in [2.45, 2.75) is 78.7 Å². The fourth-order valence-electron chi connectivity index (χ4n) is 5.81. The SMILES string of the molecule is CC(=O)N(CC=C(C)CCC=C(C)C)C1C2CC3CC(C2)CC1C3. The highest BCUT2D eigenvalue weighted by atomic mass is 16.2. The van der Waals surface area contributed by atoms with Gasteiger partial charge in [-0.1, -0.05) is 23.3 Å². The number of hydrogen-bond acceptors (Lipinski definition) is 1. The molecule has 0 heterocycles. The predicted molar refractivity (Wildman–Crippen MR) is 101 cm³/mol. The van der Waals surface area contributed by atoms with Crippen LogP contribution in [0.15, 0.2) is 23.3 Å². The van der Waals surface area contributed by atoms with Gasteiger partial charge in [-0.2, -0.15) is 0 Å². The quantitative estimate of drug-likeness (QED) is 0.601. The van der Waals surface area contributed by atoms with E-state index in [1.807, 2.05) is 0 Å². The van der Waals surface area contributed by atoms with Gasteiger partial charge >= 0.3 is 0 Å². The summed E-state index contributed by atoms with van der Waals surface area (Å²) in [6.45, 7) is 9.13. The summed E-state index contributed by atoms with van der Waals surface area (Å²) in [5, 5.41) is 0. The van der Waals surface area contributed by atoms with E-state index in [0.29, 0.717) is 6.04 Å². The summed E-state index contributed by atoms with van der Waals surface area (Å²) in [5.41, 5.74) is 2.81. The van der Waals surface area contributed by atoms with Gasteiger partial charge in [0.2, 0.25) is 5.91 Å². The van der Waals surface area contributed by atoms with E-state index >= 15 is 0 Å². The summed E-state index contributed by atoms with van der Waals surface area (Å²) in [7, 11) is 0. The van der Waals surface area contributed by atoms with Gasteiger partial charge in [-0.25, -0.2) is 0 Å². The molecule has 4 fully saturated rings. The summed E-state index contributed by atoms with van der Waals surface area (Å²) < 4.78 is 0. The van der Waals surface area contributed by atoms with Crippen LogP contribution in [0.5, 0.6) is 0 Å². The first kappa shape index (κ1) is 17.8. The Morgan fingerprint density at radius 3 is 2.00 bits per heavy atom. The monoisotopic (exact) mass is 329 g/mol. The molecule has 0 aliphatic heterocycles. The van der Waals surface area contributed by atoms with Crippen molar-refractivity contribution in [2.75, 3.05) is 6.54 Å². The zero-order valence-electron chi connectivity index (χ0n) is 16.1. The molecule has 0 aromatic rings. The molecule has 1 amide bonds. The maximum absolute atomic E-state index is 12.4. The molecule has 4 aliphatic rings. The lowest BCUT2D eigenvalue weighted by Gasteiger charge is -2.57. The molecule has 24 heavy (non-hydrogen) atoms. The van der Waals surface area contributed by atoms with Crippen molar-refractivity contribution >= 4 is 5.91 Å². The second-order valence-electron chi connectivity index (χ2n) is 8.96. The minimum atomic E-state index is 0.279. The van der Waals surface area contributed by atoms with E-state index in [4.69, 9.17) is 0 Å². The lowest BCUT2D eigenvalue weighted by atomic mass is 9.54. The molecule has 4 bridgehead atoms. The highest BCUT2D eigenvalue weighted by molar-refractivity contribution is 5.74. The normalized spacial score (nSPS) is 34.3. The topological polar surface area (TPSA) is 20.3 Å². The van der Waals surface area contributed by atoms with Crippen LogP contribution in [0, 0.1) is 23.7 Å². The van der Waals surface area contributed by atoms with E-state index in [9.17, 15) is 4.79 Å². The average molecular weight is 330 g/mol. The number of hydrogen-bond donors (Lipinski definition) is 0. The maximum atomic E-state index is 12.4. The molecule has 4 rings (SSSR count). The van der Waals surface area contributed by atoms with Crippen molar-refractivity contribution in [3.8, 4) is 0 Å². The van der Waals surface area contributed by atoms with Gasteiger partial charge < -0.3 is 4.90 Å². The van der Waals surface area contributed by atoms with Crippen LogP contribution in [-0.4, -0.2) is 23.4 Å². The third kappa shape index (κ3) is 3.95. The van der Waals surface area contributed by atoms with Crippen LogP contribution in [0.3, 0.4) is 0 Å². The summed E-state index contributed by atoms with van der Waals surface area (Å²) >= 11 is 0. The minimum absolute atomic E-state index is 0.279. The zero-order valence-corrected chi connectivity index (χ0v) is 16.1. The highest BCUT2D eigenvalue weighted by Crippen LogP contribution is 2.55. The van der Waals surface area contributed by atoms with Crippen molar-refractivity contribution in [3.05, 3.63) is 23.3 Å². The van der Waals surface area contributed by atoms with E-state index in [-0.39, 0.29) is 5.91 Å². The summed E-state index contributed by atoms with van der Waals surface area (Å²) in [6, 6.07) is 0.525. The first-order valence-electron chi connectivity index (χ1n) is 10.00. The molecule has 0 aromatic heterocycles. The van der Waals surface area contributed by atoms with Crippen molar-refractivity contribution in [1.82, 2.24) is 4.90 Å². The van der Waals surface area contributed by atoms with Gasteiger partial charge in [-0.15, -0.1) is 0 Å². The molecule has 2 nitrogen and oxygen atoms in total.